The van der Waals surface area contributed by atoms with Crippen molar-refractivity contribution in [2.75, 3.05) is 19.0 Å². The Morgan fingerprint density at radius 3 is 3.00 bits per heavy atom. The molecule has 1 aliphatic rings. The molecule has 1 atom stereocenters. The zero-order valence-electron chi connectivity index (χ0n) is 12.5. The standard InChI is InChI=1S/C15H16N4O4/c1-22-12-4-8(2-3-11(12)23-7-13(16)20)9-5-14(21)18-15-10(9)6-17-19-15/h2-4,6,9H,5,7H2,1H3,(H2,16,20)(H2,17,18,19,21)/t9-/m0/s1. The Morgan fingerprint density at radius 2 is 2.26 bits per heavy atom. The predicted molar refractivity (Wildman–Crippen MR) is 81.4 cm³/mol. The highest BCUT2D eigenvalue weighted by molar-refractivity contribution is 5.94. The first kappa shape index (κ1) is 14.9. The fourth-order valence-corrected chi connectivity index (χ4v) is 2.61. The van der Waals surface area contributed by atoms with E-state index in [1.807, 2.05) is 6.07 Å². The number of hydrogen-bond donors (Lipinski definition) is 3. The van der Waals surface area contributed by atoms with Gasteiger partial charge in [0.25, 0.3) is 5.91 Å². The molecule has 8 nitrogen and oxygen atoms in total. The minimum Gasteiger partial charge on any atom is -0.493 e. The smallest absolute Gasteiger partial charge is 0.255 e. The number of hydrogen-bond acceptors (Lipinski definition) is 5. The van der Waals surface area contributed by atoms with Gasteiger partial charge in [-0.3, -0.25) is 14.7 Å². The van der Waals surface area contributed by atoms with E-state index < -0.39 is 5.91 Å². The number of primary amides is 1. The number of benzene rings is 1. The minimum absolute atomic E-state index is 0.0835. The van der Waals surface area contributed by atoms with Gasteiger partial charge in [-0.2, -0.15) is 5.10 Å². The molecule has 2 amide bonds. The molecular weight excluding hydrogens is 300 g/mol. The number of nitrogens with two attached hydrogens (primary N) is 1. The fraction of sp³-hybridized carbons (Fsp3) is 0.267. The topological polar surface area (TPSA) is 119 Å². The van der Waals surface area contributed by atoms with Crippen molar-refractivity contribution in [3.8, 4) is 11.5 Å². The van der Waals surface area contributed by atoms with Gasteiger partial charge in [0, 0.05) is 17.9 Å². The van der Waals surface area contributed by atoms with Crippen LogP contribution in [0.3, 0.4) is 0 Å². The number of amides is 2. The summed E-state index contributed by atoms with van der Waals surface area (Å²) in [6.07, 6.45) is 2.01. The number of carbonyl (C=O) groups is 2. The molecule has 1 aromatic heterocycles. The van der Waals surface area contributed by atoms with E-state index in [2.05, 4.69) is 15.5 Å². The van der Waals surface area contributed by atoms with Crippen molar-refractivity contribution in [3.05, 3.63) is 35.5 Å². The molecule has 2 aromatic rings. The van der Waals surface area contributed by atoms with Crippen LogP contribution in [0.2, 0.25) is 0 Å². The third kappa shape index (κ3) is 2.96. The number of aromatic nitrogens is 2. The van der Waals surface area contributed by atoms with Gasteiger partial charge < -0.3 is 20.5 Å². The Balaban J connectivity index is 1.92. The Hall–Kier alpha value is -3.03. The van der Waals surface area contributed by atoms with Crippen molar-refractivity contribution in [1.29, 1.82) is 0 Å². The predicted octanol–water partition coefficient (Wildman–Crippen LogP) is 0.756. The Kier molecular flexibility index (Phi) is 3.88. The maximum Gasteiger partial charge on any atom is 0.255 e. The van der Waals surface area contributed by atoms with E-state index in [9.17, 15) is 9.59 Å². The maximum absolute atomic E-state index is 11.8. The number of H-pyrrole nitrogens is 1. The van der Waals surface area contributed by atoms with Crippen molar-refractivity contribution in [2.45, 2.75) is 12.3 Å². The van der Waals surface area contributed by atoms with Crippen LogP contribution >= 0.6 is 0 Å². The molecule has 0 aliphatic carbocycles. The monoisotopic (exact) mass is 316 g/mol. The normalized spacial score (nSPS) is 16.4. The summed E-state index contributed by atoms with van der Waals surface area (Å²) in [5.41, 5.74) is 6.88. The Labute approximate surface area is 132 Å². The molecule has 8 heteroatoms. The number of aromatic amines is 1. The molecule has 0 radical (unpaired) electrons. The van der Waals surface area contributed by atoms with Gasteiger partial charge in [-0.15, -0.1) is 0 Å². The lowest BCUT2D eigenvalue weighted by Crippen LogP contribution is -2.23. The third-order valence-electron chi connectivity index (χ3n) is 3.66. The number of ether oxygens (including phenoxy) is 2. The van der Waals surface area contributed by atoms with Gasteiger partial charge in [-0.25, -0.2) is 0 Å². The summed E-state index contributed by atoms with van der Waals surface area (Å²) in [5.74, 6) is 0.723. The number of nitrogens with zero attached hydrogens (tertiary/aromatic N) is 1. The van der Waals surface area contributed by atoms with E-state index in [0.29, 0.717) is 23.7 Å². The second kappa shape index (κ2) is 5.99. The van der Waals surface area contributed by atoms with E-state index in [4.69, 9.17) is 15.2 Å². The molecule has 0 bridgehead atoms. The lowest BCUT2D eigenvalue weighted by Gasteiger charge is -2.23. The second-order valence-corrected chi connectivity index (χ2v) is 5.17. The molecule has 0 saturated carbocycles. The van der Waals surface area contributed by atoms with Gasteiger partial charge in [0.1, 0.15) is 5.82 Å². The highest BCUT2D eigenvalue weighted by atomic mass is 16.5. The lowest BCUT2D eigenvalue weighted by molar-refractivity contribution is -0.120. The Bertz CT molecular complexity index is 756. The third-order valence-corrected chi connectivity index (χ3v) is 3.66. The van der Waals surface area contributed by atoms with Gasteiger partial charge in [-0.1, -0.05) is 6.07 Å². The van der Waals surface area contributed by atoms with Gasteiger partial charge in [0.05, 0.1) is 13.3 Å². The summed E-state index contributed by atoms with van der Waals surface area (Å²) in [6, 6.07) is 5.32. The summed E-state index contributed by atoms with van der Waals surface area (Å²) in [6.45, 7) is -0.229. The van der Waals surface area contributed by atoms with Crippen molar-refractivity contribution in [3.63, 3.8) is 0 Å². The van der Waals surface area contributed by atoms with Crippen LogP contribution < -0.4 is 20.5 Å². The molecule has 4 N–H and O–H groups in total. The van der Waals surface area contributed by atoms with Gasteiger partial charge >= 0.3 is 0 Å². The van der Waals surface area contributed by atoms with Crippen LogP contribution in [0.4, 0.5) is 5.82 Å². The molecule has 0 fully saturated rings. The van der Waals surface area contributed by atoms with Crippen molar-refractivity contribution < 1.29 is 19.1 Å². The zero-order chi connectivity index (χ0) is 16.4. The molecule has 3 rings (SSSR count). The molecular formula is C15H16N4O4. The first-order valence-electron chi connectivity index (χ1n) is 7.00. The van der Waals surface area contributed by atoms with E-state index in [0.717, 1.165) is 11.1 Å². The first-order valence-corrected chi connectivity index (χ1v) is 7.00. The van der Waals surface area contributed by atoms with Crippen LogP contribution in [0.1, 0.15) is 23.5 Å². The average Bonchev–Trinajstić information content (AvgIpc) is 3.00. The summed E-state index contributed by atoms with van der Waals surface area (Å²) in [7, 11) is 1.51. The molecule has 120 valence electrons. The van der Waals surface area contributed by atoms with E-state index in [1.54, 1.807) is 18.3 Å². The quantitative estimate of drug-likeness (QED) is 0.752. The van der Waals surface area contributed by atoms with Crippen LogP contribution in [0.25, 0.3) is 0 Å². The van der Waals surface area contributed by atoms with Gasteiger partial charge in [-0.05, 0) is 17.7 Å². The number of fused-ring (bicyclic) bond motifs is 1. The number of methoxy groups -OCH3 is 1. The van der Waals surface area contributed by atoms with Gasteiger partial charge in [0.15, 0.2) is 18.1 Å². The van der Waals surface area contributed by atoms with Crippen LogP contribution in [0, 0.1) is 0 Å². The second-order valence-electron chi connectivity index (χ2n) is 5.17. The van der Waals surface area contributed by atoms with E-state index in [-0.39, 0.29) is 18.4 Å². The van der Waals surface area contributed by atoms with Crippen molar-refractivity contribution in [1.82, 2.24) is 10.2 Å². The van der Waals surface area contributed by atoms with Crippen LogP contribution in [0.15, 0.2) is 24.4 Å². The van der Waals surface area contributed by atoms with Gasteiger partial charge in [0.2, 0.25) is 5.91 Å². The van der Waals surface area contributed by atoms with Crippen molar-refractivity contribution in [2.24, 2.45) is 5.73 Å². The highest BCUT2D eigenvalue weighted by Crippen LogP contribution is 2.39. The van der Waals surface area contributed by atoms with E-state index >= 15 is 0 Å². The molecule has 23 heavy (non-hydrogen) atoms. The molecule has 0 unspecified atom stereocenters. The minimum atomic E-state index is -0.567. The zero-order valence-corrected chi connectivity index (χ0v) is 12.5. The molecule has 0 saturated heterocycles. The first-order chi connectivity index (χ1) is 11.1. The van der Waals surface area contributed by atoms with E-state index in [1.165, 1.54) is 7.11 Å². The molecule has 2 heterocycles. The number of carbonyl (C=O) groups excluding carboxylic acids is 2. The number of anilines is 1. The Morgan fingerprint density at radius 1 is 1.43 bits per heavy atom. The lowest BCUT2D eigenvalue weighted by atomic mass is 9.87. The summed E-state index contributed by atoms with van der Waals surface area (Å²) in [4.78, 5) is 22.7. The average molecular weight is 316 g/mol. The summed E-state index contributed by atoms with van der Waals surface area (Å²) < 4.78 is 10.6. The molecule has 1 aliphatic heterocycles. The SMILES string of the molecule is COc1cc([C@@H]2CC(=O)Nc3[nH]ncc32)ccc1OCC(N)=O. The van der Waals surface area contributed by atoms with Crippen molar-refractivity contribution >= 4 is 17.6 Å². The highest BCUT2D eigenvalue weighted by Gasteiger charge is 2.28. The number of rotatable bonds is 5. The number of nitrogens with one attached hydrogen (secondary N) is 2. The van der Waals surface area contributed by atoms with Crippen LogP contribution in [-0.4, -0.2) is 35.7 Å². The van der Waals surface area contributed by atoms with Crippen LogP contribution in [-0.2, 0) is 9.59 Å². The van der Waals surface area contributed by atoms with Crippen LogP contribution in [0.5, 0.6) is 11.5 Å². The summed E-state index contributed by atoms with van der Waals surface area (Å²) in [5, 5.41) is 9.50. The maximum atomic E-state index is 11.8. The summed E-state index contributed by atoms with van der Waals surface area (Å²) >= 11 is 0. The largest absolute Gasteiger partial charge is 0.493 e. The fourth-order valence-electron chi connectivity index (χ4n) is 2.61. The molecule has 0 spiro atoms. The molecule has 1 aromatic carbocycles.